The summed E-state index contributed by atoms with van der Waals surface area (Å²) in [7, 11) is 0. The maximum Gasteiger partial charge on any atom is 0.269 e. The fourth-order valence-corrected chi connectivity index (χ4v) is 3.07. The van der Waals surface area contributed by atoms with Crippen molar-refractivity contribution in [1.29, 1.82) is 0 Å². The first-order valence-electron chi connectivity index (χ1n) is 9.73. The van der Waals surface area contributed by atoms with Crippen LogP contribution in [0.3, 0.4) is 0 Å². The molecule has 8 nitrogen and oxygen atoms in total. The van der Waals surface area contributed by atoms with Crippen molar-refractivity contribution in [2.45, 2.75) is 6.10 Å². The fraction of sp³-hybridized carbons (Fsp3) is 0.333. The molecule has 1 heterocycles. The molecule has 30 heavy (non-hydrogen) atoms. The number of carbonyl (C=O) groups excluding carboxylic acids is 1. The number of amides is 1. The number of aliphatic hydroxyl groups is 1. The van der Waals surface area contributed by atoms with Crippen LogP contribution in [0.4, 0.5) is 5.69 Å². The van der Waals surface area contributed by atoms with Gasteiger partial charge in [-0.1, -0.05) is 18.2 Å². The molecule has 2 aromatic carbocycles. The molecule has 0 bridgehead atoms. The van der Waals surface area contributed by atoms with Crippen LogP contribution in [-0.2, 0) is 4.74 Å². The van der Waals surface area contributed by atoms with Crippen LogP contribution in [-0.4, -0.2) is 66.6 Å². The van der Waals surface area contributed by atoms with E-state index in [4.69, 9.17) is 21.7 Å². The summed E-state index contributed by atoms with van der Waals surface area (Å²) < 4.78 is 10.9. The van der Waals surface area contributed by atoms with Gasteiger partial charge in [-0.15, -0.1) is 0 Å². The van der Waals surface area contributed by atoms with Gasteiger partial charge < -0.3 is 19.9 Å². The van der Waals surface area contributed by atoms with Crippen LogP contribution in [0.15, 0.2) is 54.6 Å². The molecule has 1 aliphatic heterocycles. The van der Waals surface area contributed by atoms with Crippen LogP contribution in [0.1, 0.15) is 10.4 Å². The number of nitrogens with zero attached hydrogens (tertiary/aromatic N) is 1. The van der Waals surface area contributed by atoms with Gasteiger partial charge in [-0.05, 0) is 48.6 Å². The third-order valence-electron chi connectivity index (χ3n) is 4.45. The maximum absolute atomic E-state index is 12.2. The first-order valence-corrected chi connectivity index (χ1v) is 10.1. The van der Waals surface area contributed by atoms with E-state index in [1.807, 2.05) is 30.3 Å². The summed E-state index contributed by atoms with van der Waals surface area (Å²) in [5, 5.41) is 13.4. The van der Waals surface area contributed by atoms with Gasteiger partial charge >= 0.3 is 0 Å². The normalized spacial score (nSPS) is 15.1. The van der Waals surface area contributed by atoms with E-state index in [-0.39, 0.29) is 17.6 Å². The minimum absolute atomic E-state index is 0.184. The Morgan fingerprint density at radius 1 is 1.10 bits per heavy atom. The highest BCUT2D eigenvalue weighted by Gasteiger charge is 2.15. The lowest BCUT2D eigenvalue weighted by molar-refractivity contribution is 0.00465. The second-order valence-corrected chi connectivity index (χ2v) is 7.21. The number of β-amino-alcohol motifs (C(OH)–C–C–N with tert-alkyl or cyclic N) is 1. The molecule has 1 amide bonds. The first kappa shape index (κ1) is 22.0. The number of hydrazine groups is 1. The van der Waals surface area contributed by atoms with Crippen molar-refractivity contribution in [1.82, 2.24) is 15.8 Å². The summed E-state index contributed by atoms with van der Waals surface area (Å²) in [6.07, 6.45) is -0.589. The van der Waals surface area contributed by atoms with Crippen LogP contribution in [0.2, 0.25) is 0 Å². The van der Waals surface area contributed by atoms with E-state index in [1.54, 1.807) is 24.3 Å². The molecule has 0 aliphatic carbocycles. The van der Waals surface area contributed by atoms with E-state index in [1.165, 1.54) is 0 Å². The second kappa shape index (κ2) is 11.5. The Bertz CT molecular complexity index is 814. The molecule has 1 aliphatic rings. The molecular formula is C21H26N4O4S. The highest BCUT2D eigenvalue weighted by atomic mass is 32.1. The summed E-state index contributed by atoms with van der Waals surface area (Å²) in [6, 6.07) is 16.1. The van der Waals surface area contributed by atoms with Gasteiger partial charge in [0.1, 0.15) is 18.5 Å². The lowest BCUT2D eigenvalue weighted by Gasteiger charge is -2.28. The number of para-hydroxylation sites is 1. The van der Waals surface area contributed by atoms with Crippen molar-refractivity contribution >= 4 is 28.9 Å². The minimum Gasteiger partial charge on any atom is -0.491 e. The Morgan fingerprint density at radius 2 is 1.80 bits per heavy atom. The predicted molar refractivity (Wildman–Crippen MR) is 118 cm³/mol. The summed E-state index contributed by atoms with van der Waals surface area (Å²) in [6.45, 7) is 3.76. The number of morpholine rings is 1. The van der Waals surface area contributed by atoms with Crippen LogP contribution in [0.25, 0.3) is 0 Å². The van der Waals surface area contributed by atoms with E-state index in [9.17, 15) is 9.90 Å². The number of hydrogen-bond acceptors (Lipinski definition) is 6. The third kappa shape index (κ3) is 7.27. The average molecular weight is 431 g/mol. The molecule has 0 aromatic heterocycles. The van der Waals surface area contributed by atoms with Gasteiger partial charge in [-0.2, -0.15) is 0 Å². The number of rotatable bonds is 7. The van der Waals surface area contributed by atoms with Gasteiger partial charge in [-0.25, -0.2) is 0 Å². The molecule has 0 spiro atoms. The molecule has 1 fully saturated rings. The minimum atomic E-state index is -0.589. The zero-order chi connectivity index (χ0) is 21.2. The molecule has 160 valence electrons. The van der Waals surface area contributed by atoms with Crippen molar-refractivity contribution in [2.24, 2.45) is 0 Å². The monoisotopic (exact) mass is 430 g/mol. The molecule has 3 rings (SSSR count). The summed E-state index contributed by atoms with van der Waals surface area (Å²) in [5.74, 6) is 0.257. The molecule has 1 saturated heterocycles. The van der Waals surface area contributed by atoms with Crippen molar-refractivity contribution < 1.29 is 19.4 Å². The van der Waals surface area contributed by atoms with Crippen molar-refractivity contribution in [2.75, 3.05) is 44.8 Å². The molecule has 9 heteroatoms. The van der Waals surface area contributed by atoms with E-state index >= 15 is 0 Å². The number of hydrogen-bond donors (Lipinski definition) is 4. The second-order valence-electron chi connectivity index (χ2n) is 6.80. The summed E-state index contributed by atoms with van der Waals surface area (Å²) in [4.78, 5) is 14.4. The van der Waals surface area contributed by atoms with Crippen molar-refractivity contribution in [3.63, 3.8) is 0 Å². The van der Waals surface area contributed by atoms with Crippen LogP contribution >= 0.6 is 12.2 Å². The highest BCUT2D eigenvalue weighted by Crippen LogP contribution is 2.13. The van der Waals surface area contributed by atoms with Crippen molar-refractivity contribution in [3.05, 3.63) is 60.2 Å². The van der Waals surface area contributed by atoms with E-state index in [0.717, 1.165) is 18.8 Å². The Kier molecular flexibility index (Phi) is 8.40. The smallest absolute Gasteiger partial charge is 0.269 e. The van der Waals surface area contributed by atoms with Gasteiger partial charge in [0.2, 0.25) is 0 Å². The Morgan fingerprint density at radius 3 is 2.50 bits per heavy atom. The number of anilines is 1. The topological polar surface area (TPSA) is 95.1 Å². The maximum atomic E-state index is 12.2. The number of carbonyl (C=O) groups is 1. The zero-order valence-corrected chi connectivity index (χ0v) is 17.4. The standard InChI is InChI=1S/C21H26N4O4S/c26-18(14-25-10-12-28-13-11-25)15-29-19-8-6-16(7-9-19)20(27)23-24-21(30)22-17-4-2-1-3-5-17/h1-9,18,26H,10-15H2,(H,23,27)(H2,22,24,30)/t18-/m1/s1. The number of nitrogens with one attached hydrogen (secondary N) is 3. The van der Waals surface area contributed by atoms with E-state index in [2.05, 4.69) is 21.1 Å². The summed E-state index contributed by atoms with van der Waals surface area (Å²) >= 11 is 5.15. The van der Waals surface area contributed by atoms with Gasteiger partial charge in [0.25, 0.3) is 5.91 Å². The molecule has 2 aromatic rings. The summed E-state index contributed by atoms with van der Waals surface area (Å²) in [5.41, 5.74) is 6.48. The molecule has 4 N–H and O–H groups in total. The van der Waals surface area contributed by atoms with E-state index < -0.39 is 6.10 Å². The number of thiocarbonyl (C=S) groups is 1. The lowest BCUT2D eigenvalue weighted by atomic mass is 10.2. The van der Waals surface area contributed by atoms with Gasteiger partial charge in [0.15, 0.2) is 5.11 Å². The Labute approximate surface area is 181 Å². The molecule has 0 radical (unpaired) electrons. The van der Waals surface area contributed by atoms with Crippen LogP contribution in [0, 0.1) is 0 Å². The lowest BCUT2D eigenvalue weighted by Crippen LogP contribution is -2.43. The Hall–Kier alpha value is -2.72. The number of aliphatic hydroxyl groups excluding tert-OH is 1. The molecule has 1 atom stereocenters. The predicted octanol–water partition coefficient (Wildman–Crippen LogP) is 1.39. The molecule has 0 unspecified atom stereocenters. The van der Waals surface area contributed by atoms with Gasteiger partial charge in [0.05, 0.1) is 13.2 Å². The van der Waals surface area contributed by atoms with Gasteiger partial charge in [-0.3, -0.25) is 20.5 Å². The SMILES string of the molecule is O=C(NNC(=S)Nc1ccccc1)c1ccc(OC[C@H](O)CN2CCOCC2)cc1. The quantitative estimate of drug-likeness (QED) is 0.387. The van der Waals surface area contributed by atoms with Gasteiger partial charge in [0, 0.05) is 30.9 Å². The fourth-order valence-electron chi connectivity index (χ4n) is 2.90. The zero-order valence-electron chi connectivity index (χ0n) is 16.5. The number of benzene rings is 2. The van der Waals surface area contributed by atoms with E-state index in [0.29, 0.717) is 31.1 Å². The van der Waals surface area contributed by atoms with Crippen LogP contribution < -0.4 is 20.9 Å². The third-order valence-corrected chi connectivity index (χ3v) is 4.66. The molecular weight excluding hydrogens is 404 g/mol. The average Bonchev–Trinajstić information content (AvgIpc) is 2.78. The largest absolute Gasteiger partial charge is 0.491 e. The first-order chi connectivity index (χ1) is 14.6. The van der Waals surface area contributed by atoms with Crippen molar-refractivity contribution in [3.8, 4) is 5.75 Å². The number of ether oxygens (including phenoxy) is 2. The highest BCUT2D eigenvalue weighted by molar-refractivity contribution is 7.80. The Balaban J connectivity index is 1.38. The molecule has 0 saturated carbocycles. The van der Waals surface area contributed by atoms with Crippen LogP contribution in [0.5, 0.6) is 5.75 Å².